The van der Waals surface area contributed by atoms with Crippen molar-refractivity contribution in [1.82, 2.24) is 4.72 Å². The van der Waals surface area contributed by atoms with E-state index in [2.05, 4.69) is 10.0 Å². The first kappa shape index (κ1) is 15.6. The molecule has 1 unspecified atom stereocenters. The van der Waals surface area contributed by atoms with E-state index in [1.165, 1.54) is 0 Å². The summed E-state index contributed by atoms with van der Waals surface area (Å²) in [5.41, 5.74) is 0.595. The molecule has 0 bridgehead atoms. The van der Waals surface area contributed by atoms with Crippen LogP contribution in [0.2, 0.25) is 0 Å². The van der Waals surface area contributed by atoms with Gasteiger partial charge in [0.1, 0.15) is 10.7 Å². The van der Waals surface area contributed by atoms with Gasteiger partial charge in [-0.2, -0.15) is 0 Å². The highest BCUT2D eigenvalue weighted by molar-refractivity contribution is 7.89. The molecular formula is C15H20N2O3S. The summed E-state index contributed by atoms with van der Waals surface area (Å²) in [6.45, 7) is 4.10. The van der Waals surface area contributed by atoms with Gasteiger partial charge in [-0.25, -0.2) is 13.1 Å². The smallest absolute Gasteiger partial charge is 0.242 e. The maximum Gasteiger partial charge on any atom is 0.242 e. The Morgan fingerprint density at radius 2 is 1.95 bits per heavy atom. The zero-order valence-corrected chi connectivity index (χ0v) is 13.0. The molecule has 21 heavy (non-hydrogen) atoms. The number of para-hydroxylation sites is 1. The monoisotopic (exact) mass is 308 g/mol. The number of anilines is 1. The molecule has 5 nitrogen and oxygen atoms in total. The van der Waals surface area contributed by atoms with Crippen LogP contribution >= 0.6 is 0 Å². The van der Waals surface area contributed by atoms with Gasteiger partial charge in [-0.1, -0.05) is 19.1 Å². The molecular weight excluding hydrogens is 288 g/mol. The number of hydrogen-bond donors (Lipinski definition) is 2. The van der Waals surface area contributed by atoms with Crippen LogP contribution in [0.4, 0.5) is 5.69 Å². The zero-order valence-electron chi connectivity index (χ0n) is 12.2. The van der Waals surface area contributed by atoms with Crippen molar-refractivity contribution in [1.29, 1.82) is 0 Å². The molecule has 0 fully saturated rings. The highest BCUT2D eigenvalue weighted by Gasteiger charge is 2.18. The average Bonchev–Trinajstić information content (AvgIpc) is 2.91. The molecule has 0 radical (unpaired) electrons. The first-order chi connectivity index (χ1) is 10.0. The van der Waals surface area contributed by atoms with Crippen molar-refractivity contribution in [2.24, 2.45) is 0 Å². The van der Waals surface area contributed by atoms with Gasteiger partial charge in [-0.15, -0.1) is 0 Å². The lowest BCUT2D eigenvalue weighted by atomic mass is 10.2. The van der Waals surface area contributed by atoms with Gasteiger partial charge in [0.2, 0.25) is 10.0 Å². The summed E-state index contributed by atoms with van der Waals surface area (Å²) < 4.78 is 32.2. The molecule has 0 aliphatic heterocycles. The van der Waals surface area contributed by atoms with Crippen molar-refractivity contribution >= 4 is 15.7 Å². The van der Waals surface area contributed by atoms with Crippen molar-refractivity contribution < 1.29 is 12.8 Å². The second-order valence-corrected chi connectivity index (χ2v) is 6.56. The summed E-state index contributed by atoms with van der Waals surface area (Å²) in [4.78, 5) is 0.262. The molecule has 0 saturated carbocycles. The summed E-state index contributed by atoms with van der Waals surface area (Å²) in [5.74, 6) is 0.863. The number of rotatable bonds is 7. The molecule has 0 saturated heterocycles. The largest absolute Gasteiger partial charge is 0.469 e. The molecule has 2 aromatic rings. The van der Waals surface area contributed by atoms with E-state index in [0.717, 1.165) is 5.76 Å². The van der Waals surface area contributed by atoms with E-state index in [1.807, 2.05) is 25.1 Å². The Morgan fingerprint density at radius 3 is 2.62 bits per heavy atom. The van der Waals surface area contributed by atoms with Gasteiger partial charge in [0, 0.05) is 19.0 Å². The lowest BCUT2D eigenvalue weighted by molar-refractivity contribution is 0.497. The first-order valence-electron chi connectivity index (χ1n) is 6.90. The third kappa shape index (κ3) is 4.09. The van der Waals surface area contributed by atoms with Crippen molar-refractivity contribution in [2.75, 3.05) is 11.9 Å². The van der Waals surface area contributed by atoms with Gasteiger partial charge in [0.25, 0.3) is 0 Å². The molecule has 6 heteroatoms. The molecule has 1 aromatic heterocycles. The van der Waals surface area contributed by atoms with Crippen LogP contribution in [0.15, 0.2) is 52.0 Å². The van der Waals surface area contributed by atoms with Crippen LogP contribution in [-0.2, 0) is 16.4 Å². The molecule has 114 valence electrons. The van der Waals surface area contributed by atoms with Gasteiger partial charge in [0.15, 0.2) is 0 Å². The van der Waals surface area contributed by atoms with E-state index in [9.17, 15) is 8.42 Å². The van der Waals surface area contributed by atoms with Crippen LogP contribution in [0.5, 0.6) is 0 Å². The number of hydrogen-bond acceptors (Lipinski definition) is 4. The number of furan rings is 1. The Hall–Kier alpha value is -1.79. The van der Waals surface area contributed by atoms with Crippen LogP contribution in [0.25, 0.3) is 0 Å². The number of sulfonamides is 1. The lowest BCUT2D eigenvalue weighted by Crippen LogP contribution is -2.26. The van der Waals surface area contributed by atoms with Gasteiger partial charge < -0.3 is 9.73 Å². The Morgan fingerprint density at radius 1 is 1.19 bits per heavy atom. The maximum atomic E-state index is 12.2. The van der Waals surface area contributed by atoms with E-state index in [1.54, 1.807) is 31.4 Å². The summed E-state index contributed by atoms with van der Waals surface area (Å²) in [5, 5.41) is 3.23. The van der Waals surface area contributed by atoms with Gasteiger partial charge in [-0.3, -0.25) is 0 Å². The van der Waals surface area contributed by atoms with Crippen molar-refractivity contribution in [3.63, 3.8) is 0 Å². The van der Waals surface area contributed by atoms with Crippen molar-refractivity contribution in [3.8, 4) is 0 Å². The molecule has 1 atom stereocenters. The first-order valence-corrected chi connectivity index (χ1v) is 8.39. The molecule has 1 heterocycles. The fraction of sp³-hybridized carbons (Fsp3) is 0.333. The second-order valence-electron chi connectivity index (χ2n) is 4.83. The Kier molecular flexibility index (Phi) is 5.03. The van der Waals surface area contributed by atoms with Gasteiger partial charge >= 0.3 is 0 Å². The van der Waals surface area contributed by atoms with E-state index >= 15 is 0 Å². The standard InChI is InChI=1S/C15H20N2O3S/c1-3-16-21(18,19)15-9-5-4-8-14(15)17-12(2)11-13-7-6-10-20-13/h4-10,12,16-17H,3,11H2,1-2H3. The topological polar surface area (TPSA) is 71.3 Å². The fourth-order valence-electron chi connectivity index (χ4n) is 2.13. The Labute approximate surface area is 125 Å². The van der Waals surface area contributed by atoms with Crippen LogP contribution < -0.4 is 10.0 Å². The molecule has 0 aliphatic carbocycles. The molecule has 1 aromatic carbocycles. The van der Waals surface area contributed by atoms with Gasteiger partial charge in [-0.05, 0) is 31.2 Å². The number of benzene rings is 1. The van der Waals surface area contributed by atoms with Crippen LogP contribution in [-0.4, -0.2) is 21.0 Å². The van der Waals surface area contributed by atoms with E-state index in [-0.39, 0.29) is 10.9 Å². The van der Waals surface area contributed by atoms with Crippen LogP contribution in [0.1, 0.15) is 19.6 Å². The summed E-state index contributed by atoms with van der Waals surface area (Å²) in [6, 6.07) is 10.7. The molecule has 0 amide bonds. The number of nitrogens with one attached hydrogen (secondary N) is 2. The predicted octanol–water partition coefficient (Wildman–Crippen LogP) is 2.62. The normalized spacial score (nSPS) is 13.0. The minimum atomic E-state index is -3.48. The second kappa shape index (κ2) is 6.78. The van der Waals surface area contributed by atoms with Crippen molar-refractivity contribution in [3.05, 3.63) is 48.4 Å². The third-order valence-corrected chi connectivity index (χ3v) is 4.60. The summed E-state index contributed by atoms with van der Waals surface area (Å²) in [6.07, 6.45) is 2.31. The molecule has 2 N–H and O–H groups in total. The summed E-state index contributed by atoms with van der Waals surface area (Å²) in [7, 11) is -3.48. The predicted molar refractivity (Wildman–Crippen MR) is 82.8 cm³/mol. The molecule has 2 rings (SSSR count). The molecule has 0 spiro atoms. The minimum absolute atomic E-state index is 0.0501. The van der Waals surface area contributed by atoms with Crippen LogP contribution in [0.3, 0.4) is 0 Å². The SMILES string of the molecule is CCNS(=O)(=O)c1ccccc1NC(C)Cc1ccco1. The summed E-state index contributed by atoms with van der Waals surface area (Å²) >= 11 is 0. The highest BCUT2D eigenvalue weighted by atomic mass is 32.2. The Balaban J connectivity index is 2.17. The Bertz CT molecular complexity index is 666. The quantitative estimate of drug-likeness (QED) is 0.825. The fourth-order valence-corrected chi connectivity index (χ4v) is 3.34. The zero-order chi connectivity index (χ0) is 15.3. The maximum absolute atomic E-state index is 12.2. The van der Waals surface area contributed by atoms with E-state index < -0.39 is 10.0 Å². The van der Waals surface area contributed by atoms with E-state index in [0.29, 0.717) is 18.7 Å². The van der Waals surface area contributed by atoms with Gasteiger partial charge in [0.05, 0.1) is 12.0 Å². The highest BCUT2D eigenvalue weighted by Crippen LogP contribution is 2.22. The minimum Gasteiger partial charge on any atom is -0.469 e. The third-order valence-electron chi connectivity index (χ3n) is 3.00. The van der Waals surface area contributed by atoms with E-state index in [4.69, 9.17) is 4.42 Å². The van der Waals surface area contributed by atoms with Crippen molar-refractivity contribution in [2.45, 2.75) is 31.2 Å². The lowest BCUT2D eigenvalue weighted by Gasteiger charge is -2.17. The molecule has 0 aliphatic rings. The van der Waals surface area contributed by atoms with Crippen LogP contribution in [0, 0.1) is 0 Å². The average molecular weight is 308 g/mol.